The molecule has 16 heavy (non-hydrogen) atoms. The Morgan fingerprint density at radius 2 is 0.938 bits per heavy atom. The molecule has 0 aliphatic carbocycles. The van der Waals surface area contributed by atoms with Crippen molar-refractivity contribution in [2.45, 2.75) is 7.43 Å². The lowest BCUT2D eigenvalue weighted by atomic mass is 10.1. The highest BCUT2D eigenvalue weighted by Gasteiger charge is 2.00. The summed E-state index contributed by atoms with van der Waals surface area (Å²) in [6.07, 6.45) is 8.23. The van der Waals surface area contributed by atoms with E-state index in [1.165, 1.54) is 11.1 Å². The highest BCUT2D eigenvalue weighted by molar-refractivity contribution is 5.75. The van der Waals surface area contributed by atoms with Crippen LogP contribution in [0, 0.1) is 0 Å². The van der Waals surface area contributed by atoms with E-state index in [2.05, 4.69) is 49.1 Å². The molecule has 0 unspecified atom stereocenters. The van der Waals surface area contributed by atoms with Crippen molar-refractivity contribution in [1.29, 1.82) is 0 Å². The minimum absolute atomic E-state index is 0. The smallest absolute Gasteiger partial charge is 0.169 e. The zero-order valence-corrected chi connectivity index (χ0v) is 8.51. The van der Waals surface area contributed by atoms with Crippen LogP contribution < -0.4 is 9.13 Å². The van der Waals surface area contributed by atoms with Gasteiger partial charge in [0.1, 0.15) is 14.1 Å². The summed E-state index contributed by atoms with van der Waals surface area (Å²) < 4.78 is 4.07. The standard InChI is InChI=1S/C12H14N2.CH4.BH4/c1-13-7-3-11(4-8-13)12-5-9-14(2)10-6-12;;/h3-10H,1-2H3;2*1H4/q+2;;-1. The number of rotatable bonds is 1. The highest BCUT2D eigenvalue weighted by Crippen LogP contribution is 2.14. The first-order valence-electron chi connectivity index (χ1n) is 4.67. The Labute approximate surface area is 99.8 Å². The first-order valence-corrected chi connectivity index (χ1v) is 4.67. The van der Waals surface area contributed by atoms with Crippen LogP contribution in [-0.4, -0.2) is 8.41 Å². The molecule has 0 N–H and O–H groups in total. The van der Waals surface area contributed by atoms with Gasteiger partial charge in [-0.15, -0.1) is 0 Å². The van der Waals surface area contributed by atoms with Crippen LogP contribution in [0.15, 0.2) is 49.1 Å². The van der Waals surface area contributed by atoms with Crippen LogP contribution in [-0.2, 0) is 14.1 Å². The summed E-state index contributed by atoms with van der Waals surface area (Å²) >= 11 is 0. The highest BCUT2D eigenvalue weighted by atomic mass is 14.9. The molecule has 0 fully saturated rings. The molecular weight excluding hydrogens is 195 g/mol. The van der Waals surface area contributed by atoms with E-state index in [1.807, 2.05) is 23.2 Å². The van der Waals surface area contributed by atoms with Gasteiger partial charge in [0, 0.05) is 24.3 Å². The molecule has 0 radical (unpaired) electrons. The lowest BCUT2D eigenvalue weighted by Gasteiger charge is -1.97. The first kappa shape index (κ1) is 14.4. The quantitative estimate of drug-likeness (QED) is 0.476. The van der Waals surface area contributed by atoms with Gasteiger partial charge in [0.15, 0.2) is 24.8 Å². The van der Waals surface area contributed by atoms with Gasteiger partial charge in [0.25, 0.3) is 0 Å². The molecule has 0 aliphatic rings. The maximum atomic E-state index is 2.12. The van der Waals surface area contributed by atoms with Gasteiger partial charge >= 0.3 is 0 Å². The third-order valence-electron chi connectivity index (χ3n) is 2.29. The van der Waals surface area contributed by atoms with E-state index >= 15 is 0 Å². The summed E-state index contributed by atoms with van der Waals surface area (Å²) in [4.78, 5) is 0. The Kier molecular flexibility index (Phi) is 5.44. The third kappa shape index (κ3) is 3.19. The number of aromatic nitrogens is 2. The average Bonchev–Trinajstić information content (AvgIpc) is 2.21. The molecule has 2 aromatic rings. The summed E-state index contributed by atoms with van der Waals surface area (Å²) in [7, 11) is 4.05. The van der Waals surface area contributed by atoms with Crippen LogP contribution in [0.25, 0.3) is 11.1 Å². The fourth-order valence-electron chi connectivity index (χ4n) is 1.39. The normalized spacial score (nSPS) is 8.88. The van der Waals surface area contributed by atoms with E-state index in [9.17, 15) is 0 Å². The molecule has 2 aromatic heterocycles. The number of hydrogen-bond donors (Lipinski definition) is 0. The van der Waals surface area contributed by atoms with Gasteiger partial charge in [-0.3, -0.25) is 0 Å². The van der Waals surface area contributed by atoms with Crippen LogP contribution >= 0.6 is 0 Å². The number of aryl methyl sites for hydroxylation is 2. The van der Waals surface area contributed by atoms with Crippen molar-refractivity contribution in [2.75, 3.05) is 0 Å². The lowest BCUT2D eigenvalue weighted by Crippen LogP contribution is -2.26. The second-order valence-electron chi connectivity index (χ2n) is 3.50. The van der Waals surface area contributed by atoms with Gasteiger partial charge in [-0.1, -0.05) is 15.8 Å². The predicted octanol–water partition coefficient (Wildman–Crippen LogP) is 0.187. The lowest BCUT2D eigenvalue weighted by molar-refractivity contribution is -0.671. The van der Waals surface area contributed by atoms with E-state index in [4.69, 9.17) is 0 Å². The second-order valence-corrected chi connectivity index (χ2v) is 3.50. The fraction of sp³-hybridized carbons (Fsp3) is 0.231. The van der Waals surface area contributed by atoms with Gasteiger partial charge in [-0.2, -0.15) is 0 Å². The summed E-state index contributed by atoms with van der Waals surface area (Å²) in [5.74, 6) is 0. The molecule has 0 spiro atoms. The summed E-state index contributed by atoms with van der Waals surface area (Å²) in [6, 6.07) is 8.48. The van der Waals surface area contributed by atoms with Gasteiger partial charge in [0.05, 0.1) is 0 Å². The largest absolute Gasteiger partial charge is 0.208 e. The topological polar surface area (TPSA) is 7.76 Å². The average molecular weight is 217 g/mol. The Balaban J connectivity index is 0.00000112. The Bertz CT molecular complexity index is 377. The zero-order chi connectivity index (χ0) is 9.97. The summed E-state index contributed by atoms with van der Waals surface area (Å²) in [6.45, 7) is 0. The van der Waals surface area contributed by atoms with E-state index < -0.39 is 0 Å². The molecule has 2 rings (SSSR count). The Hall–Kier alpha value is -1.64. The predicted molar refractivity (Wildman–Crippen MR) is 72.3 cm³/mol. The fourth-order valence-corrected chi connectivity index (χ4v) is 1.39. The zero-order valence-electron chi connectivity index (χ0n) is 8.51. The molecule has 0 amide bonds. The SMILES string of the molecule is C.C[n+]1ccc(-c2cc[n+](C)cc2)cc1.[BH4-]. The van der Waals surface area contributed by atoms with Gasteiger partial charge in [-0.05, 0) is 11.1 Å². The van der Waals surface area contributed by atoms with Crippen molar-refractivity contribution in [3.8, 4) is 11.1 Å². The Morgan fingerprint density at radius 1 is 0.688 bits per heavy atom. The summed E-state index contributed by atoms with van der Waals surface area (Å²) in [5, 5.41) is 0. The molecular formula is C13H22BN2+. The number of pyridine rings is 2. The molecule has 0 saturated heterocycles. The molecule has 3 heteroatoms. The van der Waals surface area contributed by atoms with E-state index in [-0.39, 0.29) is 15.8 Å². The maximum Gasteiger partial charge on any atom is 0.169 e. The number of nitrogens with zero attached hydrogens (tertiary/aromatic N) is 2. The van der Waals surface area contributed by atoms with Gasteiger partial charge in [-0.25, -0.2) is 9.13 Å². The van der Waals surface area contributed by atoms with E-state index in [0.29, 0.717) is 0 Å². The monoisotopic (exact) mass is 217 g/mol. The van der Waals surface area contributed by atoms with Crippen LogP contribution in [0.4, 0.5) is 0 Å². The third-order valence-corrected chi connectivity index (χ3v) is 2.29. The van der Waals surface area contributed by atoms with E-state index in [1.54, 1.807) is 0 Å². The maximum absolute atomic E-state index is 2.12. The molecule has 0 aliphatic heterocycles. The molecule has 86 valence electrons. The van der Waals surface area contributed by atoms with Crippen LogP contribution in [0.3, 0.4) is 0 Å². The molecule has 0 saturated carbocycles. The van der Waals surface area contributed by atoms with Crippen molar-refractivity contribution in [3.63, 3.8) is 0 Å². The molecule has 0 aromatic carbocycles. The van der Waals surface area contributed by atoms with Crippen molar-refractivity contribution >= 4 is 8.41 Å². The van der Waals surface area contributed by atoms with Crippen LogP contribution in [0.1, 0.15) is 7.43 Å². The molecule has 0 bridgehead atoms. The molecule has 2 nitrogen and oxygen atoms in total. The van der Waals surface area contributed by atoms with Gasteiger partial charge in [0.2, 0.25) is 0 Å². The van der Waals surface area contributed by atoms with Gasteiger partial charge < -0.3 is 0 Å². The summed E-state index contributed by atoms with van der Waals surface area (Å²) in [5.41, 5.74) is 2.51. The minimum Gasteiger partial charge on any atom is -0.208 e. The molecule has 2 heterocycles. The minimum atomic E-state index is 0. The van der Waals surface area contributed by atoms with E-state index in [0.717, 1.165) is 0 Å². The van der Waals surface area contributed by atoms with Crippen LogP contribution in [0.2, 0.25) is 0 Å². The van der Waals surface area contributed by atoms with Crippen molar-refractivity contribution in [3.05, 3.63) is 49.1 Å². The number of hydrogen-bond acceptors (Lipinski definition) is 0. The Morgan fingerprint density at radius 3 is 1.19 bits per heavy atom. The first-order chi connectivity index (χ1) is 6.75. The van der Waals surface area contributed by atoms with Crippen molar-refractivity contribution in [1.82, 2.24) is 0 Å². The van der Waals surface area contributed by atoms with Crippen molar-refractivity contribution < 1.29 is 9.13 Å². The second kappa shape index (κ2) is 6.06. The van der Waals surface area contributed by atoms with Crippen molar-refractivity contribution in [2.24, 2.45) is 14.1 Å². The molecule has 0 atom stereocenters. The van der Waals surface area contributed by atoms with Crippen LogP contribution in [0.5, 0.6) is 0 Å².